The Balaban J connectivity index is 1.59. The van der Waals surface area contributed by atoms with E-state index in [2.05, 4.69) is 17.9 Å². The molecular weight excluding hydrogens is 412 g/mol. The minimum absolute atomic E-state index is 0.281. The van der Waals surface area contributed by atoms with E-state index in [0.29, 0.717) is 19.3 Å². The molecule has 2 heterocycles. The van der Waals surface area contributed by atoms with Crippen molar-refractivity contribution in [3.8, 4) is 0 Å². The molecule has 162 valence electrons. The van der Waals surface area contributed by atoms with Gasteiger partial charge in [0.05, 0.1) is 11.3 Å². The third kappa shape index (κ3) is 4.46. The van der Waals surface area contributed by atoms with Crippen LogP contribution >= 0.6 is 12.6 Å². The summed E-state index contributed by atoms with van der Waals surface area (Å²) in [7, 11) is 0. The summed E-state index contributed by atoms with van der Waals surface area (Å²) < 4.78 is 0. The molecule has 2 N–H and O–H groups in total. The second-order valence-corrected chi connectivity index (χ2v) is 8.84. The van der Waals surface area contributed by atoms with Crippen molar-refractivity contribution in [3.05, 3.63) is 71.3 Å². The summed E-state index contributed by atoms with van der Waals surface area (Å²) in [5.41, 5.74) is 2.93. The fraction of sp³-hybridized carbons (Fsp3) is 0.375. The number of hydrogen-bond donors (Lipinski definition) is 3. The summed E-state index contributed by atoms with van der Waals surface area (Å²) in [5.74, 6) is -1.66. The summed E-state index contributed by atoms with van der Waals surface area (Å²) in [6, 6.07) is 15.3. The van der Waals surface area contributed by atoms with E-state index in [1.807, 2.05) is 54.6 Å². The van der Waals surface area contributed by atoms with Crippen LogP contribution in [0.2, 0.25) is 0 Å². The van der Waals surface area contributed by atoms with E-state index < -0.39 is 23.3 Å². The first-order valence-electron chi connectivity index (χ1n) is 10.6. The highest BCUT2D eigenvalue weighted by molar-refractivity contribution is 7.81. The average molecular weight is 439 g/mol. The molecule has 2 aromatic rings. The monoisotopic (exact) mass is 438 g/mol. The first kappa shape index (κ1) is 21.4. The molecule has 0 bridgehead atoms. The minimum atomic E-state index is -1.00. The van der Waals surface area contributed by atoms with Crippen molar-refractivity contribution < 1.29 is 19.5 Å². The molecule has 2 aliphatic rings. The molecule has 1 unspecified atom stereocenters. The van der Waals surface area contributed by atoms with Gasteiger partial charge in [-0.1, -0.05) is 54.6 Å². The molecule has 7 heteroatoms. The van der Waals surface area contributed by atoms with Gasteiger partial charge in [-0.2, -0.15) is 12.6 Å². The van der Waals surface area contributed by atoms with Gasteiger partial charge in [0, 0.05) is 6.42 Å². The zero-order valence-electron chi connectivity index (χ0n) is 17.1. The van der Waals surface area contributed by atoms with Gasteiger partial charge in [-0.3, -0.25) is 9.59 Å². The Hall–Kier alpha value is -2.80. The van der Waals surface area contributed by atoms with Crippen molar-refractivity contribution in [3.63, 3.8) is 0 Å². The maximum atomic E-state index is 13.5. The summed E-state index contributed by atoms with van der Waals surface area (Å²) in [6.45, 7) is 0. The van der Waals surface area contributed by atoms with Crippen LogP contribution in [0.1, 0.15) is 42.0 Å². The van der Waals surface area contributed by atoms with Crippen LogP contribution < -0.4 is 5.32 Å². The molecule has 0 aliphatic carbocycles. The van der Waals surface area contributed by atoms with Crippen molar-refractivity contribution in [1.29, 1.82) is 0 Å². The Bertz CT molecular complexity index is 981. The van der Waals surface area contributed by atoms with Crippen LogP contribution in [0.5, 0.6) is 0 Å². The van der Waals surface area contributed by atoms with Crippen molar-refractivity contribution in [2.45, 2.75) is 55.5 Å². The highest BCUT2D eigenvalue weighted by Gasteiger charge is 2.44. The predicted molar refractivity (Wildman–Crippen MR) is 120 cm³/mol. The molecule has 0 saturated carbocycles. The molecule has 31 heavy (non-hydrogen) atoms. The van der Waals surface area contributed by atoms with Crippen molar-refractivity contribution >= 4 is 30.4 Å². The van der Waals surface area contributed by atoms with Crippen LogP contribution in [0.4, 0.5) is 0 Å². The predicted octanol–water partition coefficient (Wildman–Crippen LogP) is 2.78. The van der Waals surface area contributed by atoms with Gasteiger partial charge < -0.3 is 15.3 Å². The molecule has 0 aromatic heterocycles. The van der Waals surface area contributed by atoms with Gasteiger partial charge in [-0.15, -0.1) is 0 Å². The topological polar surface area (TPSA) is 86.7 Å². The lowest BCUT2D eigenvalue weighted by Crippen LogP contribution is -2.56. The van der Waals surface area contributed by atoms with Crippen LogP contribution in [0, 0.1) is 0 Å². The van der Waals surface area contributed by atoms with Crippen LogP contribution in [0.3, 0.4) is 0 Å². The van der Waals surface area contributed by atoms with Gasteiger partial charge in [-0.05, 0) is 42.4 Å². The lowest BCUT2D eigenvalue weighted by molar-refractivity contribution is -0.156. The maximum absolute atomic E-state index is 13.5. The highest BCUT2D eigenvalue weighted by atomic mass is 32.1. The average Bonchev–Trinajstić information content (AvgIpc) is 2.89. The Labute approximate surface area is 187 Å². The number of thiol groups is 1. The normalized spacial score (nSPS) is 23.8. The molecule has 2 aliphatic heterocycles. The zero-order chi connectivity index (χ0) is 22.0. The molecular formula is C24H26N2O4S. The first-order chi connectivity index (χ1) is 15.0. The number of carbonyl (C=O) groups is 3. The van der Waals surface area contributed by atoms with E-state index in [-0.39, 0.29) is 17.9 Å². The second kappa shape index (κ2) is 9.14. The van der Waals surface area contributed by atoms with E-state index in [4.69, 9.17) is 0 Å². The number of nitrogens with one attached hydrogen (secondary N) is 1. The molecule has 6 nitrogen and oxygen atoms in total. The van der Waals surface area contributed by atoms with Gasteiger partial charge in [0.1, 0.15) is 12.1 Å². The Kier molecular flexibility index (Phi) is 6.32. The largest absolute Gasteiger partial charge is 0.480 e. The number of rotatable bonds is 5. The number of nitrogens with zero attached hydrogens (tertiary/aromatic N) is 1. The van der Waals surface area contributed by atoms with E-state index in [1.165, 1.54) is 4.90 Å². The van der Waals surface area contributed by atoms with Gasteiger partial charge in [0.2, 0.25) is 11.8 Å². The summed E-state index contributed by atoms with van der Waals surface area (Å²) in [6.07, 6.45) is 2.66. The third-order valence-electron chi connectivity index (χ3n) is 6.19. The number of fused-ring (bicyclic) bond motifs is 3. The molecule has 2 amide bonds. The number of carboxylic acids is 1. The van der Waals surface area contributed by atoms with E-state index in [0.717, 1.165) is 29.5 Å². The van der Waals surface area contributed by atoms with E-state index in [1.54, 1.807) is 0 Å². The molecule has 0 radical (unpaired) electrons. The third-order valence-corrected chi connectivity index (χ3v) is 6.61. The van der Waals surface area contributed by atoms with E-state index in [9.17, 15) is 19.5 Å². The highest BCUT2D eigenvalue weighted by Crippen LogP contribution is 2.39. The van der Waals surface area contributed by atoms with Crippen molar-refractivity contribution in [1.82, 2.24) is 10.2 Å². The first-order valence-corrected chi connectivity index (χ1v) is 11.1. The Morgan fingerprint density at radius 2 is 1.81 bits per heavy atom. The Morgan fingerprint density at radius 3 is 2.55 bits per heavy atom. The minimum Gasteiger partial charge on any atom is -0.480 e. The van der Waals surface area contributed by atoms with Crippen LogP contribution in [0.25, 0.3) is 0 Å². The summed E-state index contributed by atoms with van der Waals surface area (Å²) >= 11 is 4.46. The number of hydrogen-bond acceptors (Lipinski definition) is 4. The van der Waals surface area contributed by atoms with Gasteiger partial charge >= 0.3 is 5.97 Å². The van der Waals surface area contributed by atoms with Crippen LogP contribution in [0.15, 0.2) is 54.6 Å². The zero-order valence-corrected chi connectivity index (χ0v) is 18.0. The number of benzene rings is 2. The van der Waals surface area contributed by atoms with Gasteiger partial charge in [-0.25, -0.2) is 4.79 Å². The number of carbonyl (C=O) groups excluding carboxylic acids is 2. The molecule has 4 atom stereocenters. The second-order valence-electron chi connectivity index (χ2n) is 8.22. The summed E-state index contributed by atoms with van der Waals surface area (Å²) in [5, 5.41) is 12.0. The number of piperidine rings is 1. The lowest BCUT2D eigenvalue weighted by atomic mass is 9.89. The molecule has 1 saturated heterocycles. The van der Waals surface area contributed by atoms with Gasteiger partial charge in [0.25, 0.3) is 0 Å². The Morgan fingerprint density at radius 1 is 1.10 bits per heavy atom. The van der Waals surface area contributed by atoms with Crippen molar-refractivity contribution in [2.75, 3.05) is 0 Å². The van der Waals surface area contributed by atoms with Crippen molar-refractivity contribution in [2.24, 2.45) is 0 Å². The fourth-order valence-electron chi connectivity index (χ4n) is 4.70. The quantitative estimate of drug-likeness (QED) is 0.627. The molecule has 0 spiro atoms. The fourth-order valence-corrected chi connectivity index (χ4v) is 4.98. The standard InChI is InChI=1S/C24H26N2O4S/c27-22(21(31)13-15-7-2-1-3-8-15)25-18-14-16-9-4-5-10-17(16)19-11-6-12-20(24(29)30)26(19)23(18)28/h1-5,7-10,18-21,31H,6,11-14H2,(H,25,27)(H,29,30)/t18-,19?,20-,21-/m0/s1. The number of aliphatic carboxylic acids is 1. The van der Waals surface area contributed by atoms with Gasteiger partial charge in [0.15, 0.2) is 0 Å². The smallest absolute Gasteiger partial charge is 0.326 e. The summed E-state index contributed by atoms with van der Waals surface area (Å²) in [4.78, 5) is 39.8. The number of carboxylic acid groups (broad SMARTS) is 1. The molecule has 4 rings (SSSR count). The van der Waals surface area contributed by atoms with Crippen LogP contribution in [-0.4, -0.2) is 45.1 Å². The number of amides is 2. The molecule has 2 aromatic carbocycles. The molecule has 1 fully saturated rings. The SMILES string of the molecule is O=C(N[C@H]1Cc2ccccc2C2CCC[C@@H](C(=O)O)N2C1=O)[C@@H](S)Cc1ccccc1. The van der Waals surface area contributed by atoms with Crippen LogP contribution in [-0.2, 0) is 27.2 Å². The lowest BCUT2D eigenvalue weighted by Gasteiger charge is -2.40. The van der Waals surface area contributed by atoms with E-state index >= 15 is 0 Å². The maximum Gasteiger partial charge on any atom is 0.326 e.